The van der Waals surface area contributed by atoms with E-state index in [4.69, 9.17) is 14.3 Å². The van der Waals surface area contributed by atoms with Gasteiger partial charge in [0.2, 0.25) is 5.89 Å². The molecule has 0 spiro atoms. The Kier molecular flexibility index (Phi) is 5.22. The highest BCUT2D eigenvalue weighted by molar-refractivity contribution is 5.73. The van der Waals surface area contributed by atoms with Crippen LogP contribution in [0.3, 0.4) is 0 Å². The fraction of sp³-hybridized carbons (Fsp3) is 0.429. The number of aliphatic carboxylic acids is 1. The summed E-state index contributed by atoms with van der Waals surface area (Å²) in [5.74, 6) is -2.34. The van der Waals surface area contributed by atoms with Gasteiger partial charge in [0.1, 0.15) is 11.6 Å². The van der Waals surface area contributed by atoms with Gasteiger partial charge >= 0.3 is 12.1 Å². The number of benzene rings is 1. The van der Waals surface area contributed by atoms with Crippen molar-refractivity contribution in [3.63, 3.8) is 0 Å². The first kappa shape index (κ1) is 17.2. The fourth-order valence-corrected chi connectivity index (χ4v) is 2.17. The Balaban J connectivity index is 0.000000236. The van der Waals surface area contributed by atoms with Gasteiger partial charge in [-0.25, -0.2) is 9.78 Å². The lowest BCUT2D eigenvalue weighted by molar-refractivity contribution is -0.192. The summed E-state index contributed by atoms with van der Waals surface area (Å²) in [5, 5.41) is 20.5. The molecule has 0 amide bonds. The van der Waals surface area contributed by atoms with E-state index in [0.29, 0.717) is 5.89 Å². The molecule has 1 aromatic carbocycles. The van der Waals surface area contributed by atoms with Crippen LogP contribution in [0.25, 0.3) is 11.1 Å². The van der Waals surface area contributed by atoms with E-state index in [1.807, 2.05) is 24.3 Å². The predicted octanol–water partition coefficient (Wildman–Crippen LogP) is 2.25. The number of carbonyl (C=O) groups is 1. The second-order valence-electron chi connectivity index (χ2n) is 4.97. The lowest BCUT2D eigenvalue weighted by Gasteiger charge is -2.14. The van der Waals surface area contributed by atoms with Gasteiger partial charge in [-0.15, -0.1) is 0 Å². The van der Waals surface area contributed by atoms with Gasteiger partial charge in [0.05, 0.1) is 0 Å². The molecule has 1 aliphatic heterocycles. The molecule has 1 aromatic heterocycles. The van der Waals surface area contributed by atoms with Crippen molar-refractivity contribution in [1.82, 2.24) is 10.3 Å². The molecule has 2 heterocycles. The van der Waals surface area contributed by atoms with E-state index in [0.717, 1.165) is 30.5 Å². The molecule has 1 aliphatic rings. The van der Waals surface area contributed by atoms with Gasteiger partial charge in [-0.2, -0.15) is 13.2 Å². The molecule has 2 aromatic rings. The van der Waals surface area contributed by atoms with Gasteiger partial charge in [-0.3, -0.25) is 0 Å². The molecule has 1 saturated heterocycles. The van der Waals surface area contributed by atoms with Crippen LogP contribution in [0.5, 0.6) is 0 Å². The maximum atomic E-state index is 10.6. The Labute approximate surface area is 128 Å². The van der Waals surface area contributed by atoms with Gasteiger partial charge in [-0.1, -0.05) is 12.1 Å². The first-order valence-electron chi connectivity index (χ1n) is 6.86. The van der Waals surface area contributed by atoms with Crippen molar-refractivity contribution in [2.75, 3.05) is 6.54 Å². The molecular weight excluding hydrogens is 317 g/mol. The van der Waals surface area contributed by atoms with Crippen LogP contribution < -0.4 is 5.32 Å². The molecule has 2 atom stereocenters. The highest BCUT2D eigenvalue weighted by atomic mass is 19.4. The van der Waals surface area contributed by atoms with Crippen molar-refractivity contribution in [1.29, 1.82) is 0 Å². The smallest absolute Gasteiger partial charge is 0.475 e. The number of nitrogens with zero attached hydrogens (tertiary/aromatic N) is 1. The minimum Gasteiger partial charge on any atom is -0.475 e. The number of aliphatic hydroxyl groups is 1. The third kappa shape index (κ3) is 4.42. The van der Waals surface area contributed by atoms with Crippen LogP contribution in [0.1, 0.15) is 24.8 Å². The Bertz CT molecular complexity index is 632. The molecule has 23 heavy (non-hydrogen) atoms. The molecular formula is C14H15F3N2O4. The lowest BCUT2D eigenvalue weighted by Crippen LogP contribution is -2.28. The molecule has 1 unspecified atom stereocenters. The Hall–Kier alpha value is -2.13. The number of carboxylic acid groups (broad SMARTS) is 1. The number of hydrogen-bond acceptors (Lipinski definition) is 5. The molecule has 0 aliphatic carbocycles. The summed E-state index contributed by atoms with van der Waals surface area (Å²) in [6.07, 6.45) is -3.66. The molecule has 0 bridgehead atoms. The Morgan fingerprint density at radius 3 is 2.57 bits per heavy atom. The van der Waals surface area contributed by atoms with Crippen molar-refractivity contribution >= 4 is 17.1 Å². The zero-order valence-corrected chi connectivity index (χ0v) is 11.9. The van der Waals surface area contributed by atoms with E-state index in [1.165, 1.54) is 0 Å². The minimum atomic E-state index is -5.08. The number of hydrogen-bond donors (Lipinski definition) is 3. The molecule has 0 saturated carbocycles. The lowest BCUT2D eigenvalue weighted by atomic mass is 10.1. The second-order valence-corrected chi connectivity index (χ2v) is 4.97. The number of fused-ring (bicyclic) bond motifs is 1. The third-order valence-electron chi connectivity index (χ3n) is 3.29. The Morgan fingerprint density at radius 2 is 2.04 bits per heavy atom. The van der Waals surface area contributed by atoms with Crippen LogP contribution in [-0.2, 0) is 4.79 Å². The van der Waals surface area contributed by atoms with Crippen LogP contribution in [0.2, 0.25) is 0 Å². The molecule has 9 heteroatoms. The molecule has 126 valence electrons. The number of halogens is 3. The van der Waals surface area contributed by atoms with E-state index < -0.39 is 18.2 Å². The number of para-hydroxylation sites is 2. The summed E-state index contributed by atoms with van der Waals surface area (Å²) in [6, 6.07) is 7.64. The monoisotopic (exact) mass is 332 g/mol. The topological polar surface area (TPSA) is 95.6 Å². The zero-order valence-electron chi connectivity index (χ0n) is 11.9. The van der Waals surface area contributed by atoms with E-state index >= 15 is 0 Å². The van der Waals surface area contributed by atoms with Gasteiger partial charge < -0.3 is 19.9 Å². The number of alkyl halides is 3. The zero-order chi connectivity index (χ0) is 17.0. The molecule has 1 fully saturated rings. The largest absolute Gasteiger partial charge is 0.490 e. The van der Waals surface area contributed by atoms with Crippen LogP contribution in [0.4, 0.5) is 13.2 Å². The van der Waals surface area contributed by atoms with Crippen molar-refractivity contribution in [2.45, 2.75) is 31.2 Å². The summed E-state index contributed by atoms with van der Waals surface area (Å²) in [5.41, 5.74) is 1.53. The predicted molar refractivity (Wildman–Crippen MR) is 73.7 cm³/mol. The van der Waals surface area contributed by atoms with Crippen molar-refractivity contribution < 1.29 is 32.6 Å². The maximum absolute atomic E-state index is 10.6. The first-order valence-corrected chi connectivity index (χ1v) is 6.86. The van der Waals surface area contributed by atoms with E-state index in [-0.39, 0.29) is 6.04 Å². The summed E-state index contributed by atoms with van der Waals surface area (Å²) < 4.78 is 37.3. The first-order chi connectivity index (χ1) is 10.8. The maximum Gasteiger partial charge on any atom is 0.490 e. The van der Waals surface area contributed by atoms with E-state index in [9.17, 15) is 18.3 Å². The van der Waals surface area contributed by atoms with Crippen LogP contribution in [0.15, 0.2) is 28.7 Å². The normalized spacial score (nSPS) is 19.2. The quantitative estimate of drug-likeness (QED) is 0.781. The average molecular weight is 332 g/mol. The summed E-state index contributed by atoms with van der Waals surface area (Å²) in [4.78, 5) is 13.2. The molecule has 0 radical (unpaired) electrons. The van der Waals surface area contributed by atoms with Crippen LogP contribution >= 0.6 is 0 Å². The molecule has 6 nitrogen and oxygen atoms in total. The number of nitrogens with one attached hydrogen (secondary N) is 1. The van der Waals surface area contributed by atoms with Crippen molar-refractivity contribution in [2.24, 2.45) is 0 Å². The molecule has 3 N–H and O–H groups in total. The highest BCUT2D eigenvalue weighted by Gasteiger charge is 2.38. The summed E-state index contributed by atoms with van der Waals surface area (Å²) >= 11 is 0. The van der Waals surface area contributed by atoms with Crippen molar-refractivity contribution in [3.8, 4) is 0 Å². The summed E-state index contributed by atoms with van der Waals surface area (Å²) in [7, 11) is 0. The minimum absolute atomic E-state index is 0.0769. The second kappa shape index (κ2) is 6.97. The van der Waals surface area contributed by atoms with Gasteiger partial charge in [-0.05, 0) is 31.5 Å². The SMILES string of the molecule is O=C(O)C(F)(F)F.OC(c1nc2ccccc2o1)[C@@H]1CCCN1. The average Bonchev–Trinajstić information content (AvgIpc) is 3.15. The fourth-order valence-electron chi connectivity index (χ4n) is 2.17. The van der Waals surface area contributed by atoms with Gasteiger partial charge in [0.25, 0.3) is 0 Å². The van der Waals surface area contributed by atoms with E-state index in [1.54, 1.807) is 0 Å². The number of oxazole rings is 1. The Morgan fingerprint density at radius 1 is 1.39 bits per heavy atom. The van der Waals surface area contributed by atoms with Gasteiger partial charge in [0, 0.05) is 6.04 Å². The van der Waals surface area contributed by atoms with Gasteiger partial charge in [0.15, 0.2) is 5.58 Å². The third-order valence-corrected chi connectivity index (χ3v) is 3.29. The number of aromatic nitrogens is 1. The molecule has 3 rings (SSSR count). The highest BCUT2D eigenvalue weighted by Crippen LogP contribution is 2.25. The number of rotatable bonds is 2. The number of aliphatic hydroxyl groups excluding tert-OH is 1. The standard InChI is InChI=1S/C12H14N2O2.C2HF3O2/c15-11(9-5-3-7-13-9)12-14-8-4-1-2-6-10(8)16-12;3-2(4,5)1(6)7/h1-2,4,6,9,11,13,15H,3,5,7H2;(H,6,7)/t9-,11?;/m0./s1. The van der Waals surface area contributed by atoms with Crippen LogP contribution in [-0.4, -0.2) is 39.9 Å². The van der Waals surface area contributed by atoms with E-state index in [2.05, 4.69) is 10.3 Å². The van der Waals surface area contributed by atoms with Crippen LogP contribution in [0, 0.1) is 0 Å². The number of carboxylic acids is 1. The summed E-state index contributed by atoms with van der Waals surface area (Å²) in [6.45, 7) is 0.960. The van der Waals surface area contributed by atoms with Crippen molar-refractivity contribution in [3.05, 3.63) is 30.2 Å².